The van der Waals surface area contributed by atoms with Crippen LogP contribution in [0.1, 0.15) is 194 Å². The number of anilines is 2. The summed E-state index contributed by atoms with van der Waals surface area (Å²) in [5.74, 6) is 0.00513. The number of hydrogen-bond donors (Lipinski definition) is 2. The van der Waals surface area contributed by atoms with Gasteiger partial charge >= 0.3 is 5.97 Å². The van der Waals surface area contributed by atoms with Gasteiger partial charge in [0.25, 0.3) is 10.9 Å². The number of carbonyl (C=O) groups excluding carboxylic acids is 2. The quantitative estimate of drug-likeness (QED) is 0.0304. The van der Waals surface area contributed by atoms with E-state index in [1.54, 1.807) is 7.05 Å². The van der Waals surface area contributed by atoms with Crippen molar-refractivity contribution in [3.63, 3.8) is 0 Å². The van der Waals surface area contributed by atoms with Gasteiger partial charge in [0.15, 0.2) is 0 Å². The summed E-state index contributed by atoms with van der Waals surface area (Å²) in [5, 5.41) is 5.96. The smallest absolute Gasteiger partial charge is 0.306 e. The molecule has 1 rings (SSSR count). The lowest BCUT2D eigenvalue weighted by Crippen LogP contribution is -2.37. The van der Waals surface area contributed by atoms with Gasteiger partial charge in [0.05, 0.1) is 0 Å². The topological polar surface area (TPSA) is 105 Å². The van der Waals surface area contributed by atoms with Crippen LogP contribution in [0.3, 0.4) is 0 Å². The van der Waals surface area contributed by atoms with E-state index in [1.165, 1.54) is 103 Å². The first-order chi connectivity index (χ1) is 24.5. The van der Waals surface area contributed by atoms with Crippen molar-refractivity contribution in [1.82, 2.24) is 4.90 Å². The molecule has 0 amide bonds. The minimum atomic E-state index is -0.432. The van der Waals surface area contributed by atoms with Crippen molar-refractivity contribution in [2.24, 2.45) is 0 Å². The number of carbonyl (C=O) groups is 2. The monoisotopic (exact) mass is 704 g/mol. The van der Waals surface area contributed by atoms with E-state index in [2.05, 4.69) is 29.4 Å². The van der Waals surface area contributed by atoms with Gasteiger partial charge in [-0.05, 0) is 83.8 Å². The lowest BCUT2D eigenvalue weighted by molar-refractivity contribution is -0.150. The molecule has 0 unspecified atom stereocenters. The van der Waals surface area contributed by atoms with Crippen LogP contribution in [0, 0.1) is 0 Å². The molecule has 0 aliphatic carbocycles. The van der Waals surface area contributed by atoms with Crippen molar-refractivity contribution >= 4 is 23.6 Å². The second-order valence-corrected chi connectivity index (χ2v) is 14.6. The number of ether oxygens (including phenoxy) is 1. The third-order valence-electron chi connectivity index (χ3n) is 10.1. The van der Waals surface area contributed by atoms with Crippen molar-refractivity contribution in [2.75, 3.05) is 43.9 Å². The van der Waals surface area contributed by atoms with Crippen molar-refractivity contribution in [1.29, 1.82) is 0 Å². The van der Waals surface area contributed by atoms with Gasteiger partial charge in [0, 0.05) is 26.4 Å². The predicted octanol–water partition coefficient (Wildman–Crippen LogP) is 10.1. The summed E-state index contributed by atoms with van der Waals surface area (Å²) >= 11 is 0. The maximum atomic E-state index is 12.8. The molecule has 0 aliphatic heterocycles. The minimum Gasteiger partial charge on any atom is -0.462 e. The fourth-order valence-corrected chi connectivity index (χ4v) is 6.85. The molecular weight excluding hydrogens is 626 g/mol. The maximum Gasteiger partial charge on any atom is 0.306 e. The van der Waals surface area contributed by atoms with Crippen LogP contribution in [-0.2, 0) is 14.3 Å². The van der Waals surface area contributed by atoms with Crippen molar-refractivity contribution < 1.29 is 14.3 Å². The zero-order chi connectivity index (χ0) is 36.5. The summed E-state index contributed by atoms with van der Waals surface area (Å²) in [6.07, 6.45) is 32.8. The summed E-state index contributed by atoms with van der Waals surface area (Å²) < 4.78 is 6.03. The highest BCUT2D eigenvalue weighted by molar-refractivity contribution is 5.73. The molecule has 0 bridgehead atoms. The number of rotatable bonds is 38. The number of unbranched alkanes of at least 4 members (excludes halogenated alkanes) is 20. The van der Waals surface area contributed by atoms with E-state index < -0.39 is 10.9 Å². The Balaban J connectivity index is 2.33. The molecule has 0 spiro atoms. The van der Waals surface area contributed by atoms with Crippen molar-refractivity contribution in [3.8, 4) is 0 Å². The molecule has 0 aliphatic rings. The Hall–Kier alpha value is -2.22. The van der Waals surface area contributed by atoms with Crippen LogP contribution < -0.4 is 21.5 Å². The first-order valence-corrected chi connectivity index (χ1v) is 21.1. The SMILES string of the molecule is CCCCCCCCC(CCCCCCCC)OC(=O)CCCCCCCN(CCCCCCCC=O)CCCCNc1c(NC)c(=O)c1=O. The van der Waals surface area contributed by atoms with Crippen LogP contribution >= 0.6 is 0 Å². The van der Waals surface area contributed by atoms with E-state index in [9.17, 15) is 19.2 Å². The minimum absolute atomic E-state index is 0.00513. The van der Waals surface area contributed by atoms with Gasteiger partial charge < -0.3 is 25.1 Å². The van der Waals surface area contributed by atoms with Crippen LogP contribution in [0.4, 0.5) is 11.4 Å². The van der Waals surface area contributed by atoms with Crippen LogP contribution in [0.2, 0.25) is 0 Å². The number of nitrogens with zero attached hydrogens (tertiary/aromatic N) is 1. The molecular formula is C42H77N3O5. The number of nitrogens with one attached hydrogen (secondary N) is 2. The van der Waals surface area contributed by atoms with Gasteiger partial charge in [-0.3, -0.25) is 14.4 Å². The molecule has 290 valence electrons. The molecule has 1 aromatic rings. The molecule has 50 heavy (non-hydrogen) atoms. The molecule has 0 atom stereocenters. The Morgan fingerprint density at radius 2 is 1.08 bits per heavy atom. The summed E-state index contributed by atoms with van der Waals surface area (Å²) in [4.78, 5) is 49.3. The molecule has 1 aromatic carbocycles. The van der Waals surface area contributed by atoms with Crippen molar-refractivity contribution in [2.45, 2.75) is 200 Å². The first kappa shape index (κ1) is 45.8. The van der Waals surface area contributed by atoms with E-state index in [1.807, 2.05) is 0 Å². The number of hydrogen-bond acceptors (Lipinski definition) is 8. The third kappa shape index (κ3) is 23.3. The third-order valence-corrected chi connectivity index (χ3v) is 10.1. The fraction of sp³-hybridized carbons (Fsp3) is 0.857. The summed E-state index contributed by atoms with van der Waals surface area (Å²) in [7, 11) is 1.67. The van der Waals surface area contributed by atoms with E-state index in [-0.39, 0.29) is 12.1 Å². The van der Waals surface area contributed by atoms with Gasteiger partial charge in [-0.1, -0.05) is 117 Å². The van der Waals surface area contributed by atoms with Crippen LogP contribution in [-0.4, -0.2) is 56.5 Å². The molecule has 2 N–H and O–H groups in total. The molecule has 8 nitrogen and oxygen atoms in total. The average Bonchev–Trinajstić information content (AvgIpc) is 3.12. The zero-order valence-corrected chi connectivity index (χ0v) is 32.8. The van der Waals surface area contributed by atoms with Gasteiger partial charge in [0.2, 0.25) is 0 Å². The first-order valence-electron chi connectivity index (χ1n) is 21.1. The van der Waals surface area contributed by atoms with Gasteiger partial charge in [-0.25, -0.2) is 0 Å². The second kappa shape index (κ2) is 32.7. The molecule has 0 fully saturated rings. The van der Waals surface area contributed by atoms with Crippen LogP contribution in [0.25, 0.3) is 0 Å². The Bertz CT molecular complexity index is 1010. The summed E-state index contributed by atoms with van der Waals surface area (Å²) in [5.41, 5.74) is -0.0214. The lowest BCUT2D eigenvalue weighted by Gasteiger charge is -2.22. The van der Waals surface area contributed by atoms with Gasteiger partial charge in [-0.15, -0.1) is 0 Å². The largest absolute Gasteiger partial charge is 0.462 e. The second-order valence-electron chi connectivity index (χ2n) is 14.6. The summed E-state index contributed by atoms with van der Waals surface area (Å²) in [6.45, 7) is 8.40. The Labute approximate surface area is 306 Å². The Morgan fingerprint density at radius 3 is 1.62 bits per heavy atom. The van der Waals surface area contributed by atoms with E-state index >= 15 is 0 Å². The molecule has 8 heteroatoms. The molecule has 0 aromatic heterocycles. The van der Waals surface area contributed by atoms with E-state index in [4.69, 9.17) is 4.74 Å². The normalized spacial score (nSPS) is 11.5. The fourth-order valence-electron chi connectivity index (χ4n) is 6.85. The highest BCUT2D eigenvalue weighted by Gasteiger charge is 2.19. The number of aldehydes is 1. The molecule has 0 saturated heterocycles. The van der Waals surface area contributed by atoms with Gasteiger partial charge in [0.1, 0.15) is 23.8 Å². The Morgan fingerprint density at radius 1 is 0.620 bits per heavy atom. The lowest BCUT2D eigenvalue weighted by atomic mass is 10.0. The van der Waals surface area contributed by atoms with Crippen LogP contribution in [0.5, 0.6) is 0 Å². The van der Waals surface area contributed by atoms with Crippen molar-refractivity contribution in [3.05, 3.63) is 20.4 Å². The Kier molecular flexibility index (Phi) is 29.9. The highest BCUT2D eigenvalue weighted by atomic mass is 16.5. The van der Waals surface area contributed by atoms with Gasteiger partial charge in [-0.2, -0.15) is 0 Å². The molecule has 0 radical (unpaired) electrons. The summed E-state index contributed by atoms with van der Waals surface area (Å²) in [6, 6.07) is 0. The average molecular weight is 704 g/mol. The van der Waals surface area contributed by atoms with Crippen LogP contribution in [0.15, 0.2) is 9.59 Å². The molecule has 0 saturated carbocycles. The highest BCUT2D eigenvalue weighted by Crippen LogP contribution is 2.19. The molecule has 0 heterocycles. The number of esters is 1. The van der Waals surface area contributed by atoms with E-state index in [0.29, 0.717) is 30.8 Å². The standard InChI is InChI=1S/C42H77N3O5/c1-4-6-8-10-15-21-29-37(30-22-16-11-9-7-5-2)50-38(47)31-23-17-14-19-26-34-45(33-25-18-12-13-20-28-36-46)35-27-24-32-44-40-39(43-3)41(48)42(40)49/h36-37,43-44H,4-35H2,1-3H3. The van der Waals surface area contributed by atoms with E-state index in [0.717, 1.165) is 90.1 Å². The zero-order valence-electron chi connectivity index (χ0n) is 32.8. The predicted molar refractivity (Wildman–Crippen MR) is 212 cm³/mol. The maximum absolute atomic E-state index is 12.8.